The molecule has 0 aliphatic carbocycles. The van der Waals surface area contributed by atoms with Crippen LogP contribution in [0.2, 0.25) is 0 Å². The minimum Gasteiger partial charge on any atom is -0.478 e. The third kappa shape index (κ3) is 2.78. The zero-order chi connectivity index (χ0) is 13.9. The lowest BCUT2D eigenvalue weighted by molar-refractivity contribution is 0.0696. The summed E-state index contributed by atoms with van der Waals surface area (Å²) in [6.45, 7) is 10.4. The summed E-state index contributed by atoms with van der Waals surface area (Å²) in [7, 11) is 0. The number of nitrogens with zero attached hydrogens (tertiary/aromatic N) is 3. The highest BCUT2D eigenvalue weighted by Gasteiger charge is 2.23. The molecule has 0 fully saturated rings. The van der Waals surface area contributed by atoms with E-state index in [4.69, 9.17) is 0 Å². The van der Waals surface area contributed by atoms with Gasteiger partial charge in [-0.25, -0.2) is 4.79 Å². The monoisotopic (exact) mass is 251 g/mol. The minimum absolute atomic E-state index is 0.194. The first-order valence-corrected chi connectivity index (χ1v) is 6.23. The van der Waals surface area contributed by atoms with Crippen LogP contribution in [0.15, 0.2) is 0 Å². The average molecular weight is 251 g/mol. The lowest BCUT2D eigenvalue weighted by Gasteiger charge is -2.28. The van der Waals surface area contributed by atoms with E-state index >= 15 is 0 Å². The van der Waals surface area contributed by atoms with Gasteiger partial charge in [0.05, 0.1) is 5.69 Å². The Labute approximate surface area is 108 Å². The predicted molar refractivity (Wildman–Crippen MR) is 71.2 cm³/mol. The van der Waals surface area contributed by atoms with Gasteiger partial charge in [-0.15, -0.1) is 5.10 Å². The summed E-state index contributed by atoms with van der Waals surface area (Å²) in [5, 5.41) is 17.5. The third-order valence-corrected chi connectivity index (χ3v) is 3.01. The third-order valence-electron chi connectivity index (χ3n) is 3.01. The van der Waals surface area contributed by atoms with Crippen LogP contribution in [0.4, 0.5) is 5.82 Å². The highest BCUT2D eigenvalue weighted by molar-refractivity contribution is 5.95. The number of anilines is 1. The van der Waals surface area contributed by atoms with Crippen LogP contribution in [0.1, 0.15) is 48.8 Å². The second-order valence-corrected chi connectivity index (χ2v) is 4.70. The first-order chi connectivity index (χ1) is 8.40. The van der Waals surface area contributed by atoms with Crippen molar-refractivity contribution in [2.24, 2.45) is 0 Å². The molecule has 0 atom stereocenters. The van der Waals surface area contributed by atoms with Crippen molar-refractivity contribution in [3.05, 3.63) is 16.8 Å². The van der Waals surface area contributed by atoms with Gasteiger partial charge in [0, 0.05) is 12.6 Å². The summed E-state index contributed by atoms with van der Waals surface area (Å²) >= 11 is 0. The van der Waals surface area contributed by atoms with Gasteiger partial charge in [-0.05, 0) is 39.7 Å². The second-order valence-electron chi connectivity index (χ2n) is 4.70. The Balaban J connectivity index is 3.38. The first kappa shape index (κ1) is 14.4. The van der Waals surface area contributed by atoms with E-state index in [0.29, 0.717) is 17.1 Å². The smallest absolute Gasteiger partial charge is 0.339 e. The van der Waals surface area contributed by atoms with Crippen LogP contribution in [0.5, 0.6) is 0 Å². The maximum absolute atomic E-state index is 11.4. The molecule has 0 aliphatic rings. The molecule has 18 heavy (non-hydrogen) atoms. The fraction of sp³-hybridized carbons (Fsp3) is 0.615. The number of aromatic nitrogens is 2. The molecule has 0 aliphatic heterocycles. The van der Waals surface area contributed by atoms with Crippen molar-refractivity contribution in [3.63, 3.8) is 0 Å². The van der Waals surface area contributed by atoms with E-state index in [1.807, 2.05) is 18.7 Å². The number of carboxylic acids is 1. The fourth-order valence-corrected chi connectivity index (χ4v) is 1.90. The topological polar surface area (TPSA) is 66.3 Å². The van der Waals surface area contributed by atoms with Crippen molar-refractivity contribution >= 4 is 11.8 Å². The van der Waals surface area contributed by atoms with E-state index in [1.54, 1.807) is 13.8 Å². The summed E-state index contributed by atoms with van der Waals surface area (Å²) in [4.78, 5) is 13.4. The van der Waals surface area contributed by atoms with Gasteiger partial charge in [0.15, 0.2) is 5.82 Å². The van der Waals surface area contributed by atoms with Crippen molar-refractivity contribution in [1.29, 1.82) is 0 Å². The molecule has 0 unspecified atom stereocenters. The van der Waals surface area contributed by atoms with Crippen molar-refractivity contribution in [2.75, 3.05) is 11.4 Å². The normalized spacial score (nSPS) is 10.8. The van der Waals surface area contributed by atoms with E-state index in [9.17, 15) is 9.90 Å². The molecule has 0 spiro atoms. The Bertz CT molecular complexity index is 444. The summed E-state index contributed by atoms with van der Waals surface area (Å²) in [5.41, 5.74) is 1.62. The summed E-state index contributed by atoms with van der Waals surface area (Å²) in [6, 6.07) is 0.194. The second kappa shape index (κ2) is 5.80. The minimum atomic E-state index is -0.942. The maximum atomic E-state index is 11.4. The van der Waals surface area contributed by atoms with E-state index in [0.717, 1.165) is 13.0 Å². The molecule has 1 rings (SSSR count). The van der Waals surface area contributed by atoms with Crippen LogP contribution in [-0.2, 0) is 0 Å². The molecule has 0 saturated carbocycles. The molecule has 5 heteroatoms. The standard InChI is InChI=1S/C13H21N3O2/c1-6-7-16(8(2)3)12-11(13(17)18)9(4)10(5)14-15-12/h8H,6-7H2,1-5H3,(H,17,18). The lowest BCUT2D eigenvalue weighted by atomic mass is 10.1. The van der Waals surface area contributed by atoms with Crippen LogP contribution in [0.25, 0.3) is 0 Å². The molecule has 0 aromatic carbocycles. The largest absolute Gasteiger partial charge is 0.478 e. The first-order valence-electron chi connectivity index (χ1n) is 6.23. The maximum Gasteiger partial charge on any atom is 0.339 e. The number of hydrogen-bond acceptors (Lipinski definition) is 4. The van der Waals surface area contributed by atoms with Crippen LogP contribution in [0, 0.1) is 13.8 Å². The highest BCUT2D eigenvalue weighted by atomic mass is 16.4. The van der Waals surface area contributed by atoms with Gasteiger partial charge in [-0.3, -0.25) is 0 Å². The van der Waals surface area contributed by atoms with Crippen molar-refractivity contribution in [3.8, 4) is 0 Å². The summed E-state index contributed by atoms with van der Waals surface area (Å²) < 4.78 is 0. The van der Waals surface area contributed by atoms with Gasteiger partial charge in [0.2, 0.25) is 0 Å². The zero-order valence-electron chi connectivity index (χ0n) is 11.7. The number of rotatable bonds is 5. The van der Waals surface area contributed by atoms with E-state index in [-0.39, 0.29) is 11.6 Å². The van der Waals surface area contributed by atoms with Crippen LogP contribution < -0.4 is 4.90 Å². The Hall–Kier alpha value is -1.65. The number of hydrogen-bond donors (Lipinski definition) is 1. The number of carbonyl (C=O) groups is 1. The molecular formula is C13H21N3O2. The van der Waals surface area contributed by atoms with E-state index in [1.165, 1.54) is 0 Å². The molecule has 5 nitrogen and oxygen atoms in total. The molecule has 100 valence electrons. The molecule has 0 radical (unpaired) electrons. The molecule has 0 amide bonds. The Morgan fingerprint density at radius 1 is 1.33 bits per heavy atom. The highest BCUT2D eigenvalue weighted by Crippen LogP contribution is 2.24. The number of carboxylic acid groups (broad SMARTS) is 1. The van der Waals surface area contributed by atoms with Gasteiger partial charge in [0.25, 0.3) is 0 Å². The SMILES string of the molecule is CCCN(c1nnc(C)c(C)c1C(=O)O)C(C)C. The lowest BCUT2D eigenvalue weighted by Crippen LogP contribution is -2.34. The van der Waals surface area contributed by atoms with Crippen LogP contribution in [0.3, 0.4) is 0 Å². The molecule has 0 saturated heterocycles. The number of aromatic carboxylic acids is 1. The molecule has 1 aromatic heterocycles. The zero-order valence-corrected chi connectivity index (χ0v) is 11.7. The van der Waals surface area contributed by atoms with Gasteiger partial charge < -0.3 is 10.0 Å². The van der Waals surface area contributed by atoms with Gasteiger partial charge in [-0.2, -0.15) is 5.10 Å². The van der Waals surface area contributed by atoms with Crippen molar-refractivity contribution < 1.29 is 9.90 Å². The summed E-state index contributed by atoms with van der Waals surface area (Å²) in [6.07, 6.45) is 0.936. The number of aryl methyl sites for hydroxylation is 1. The predicted octanol–water partition coefficient (Wildman–Crippen LogP) is 2.42. The Morgan fingerprint density at radius 2 is 1.94 bits per heavy atom. The Kier molecular flexibility index (Phi) is 4.64. The van der Waals surface area contributed by atoms with Crippen LogP contribution in [-0.4, -0.2) is 33.9 Å². The van der Waals surface area contributed by atoms with Gasteiger partial charge in [-0.1, -0.05) is 6.92 Å². The molecule has 1 aromatic rings. The van der Waals surface area contributed by atoms with E-state index in [2.05, 4.69) is 17.1 Å². The van der Waals surface area contributed by atoms with Gasteiger partial charge in [0.1, 0.15) is 5.56 Å². The Morgan fingerprint density at radius 3 is 2.39 bits per heavy atom. The molecular weight excluding hydrogens is 230 g/mol. The van der Waals surface area contributed by atoms with Gasteiger partial charge >= 0.3 is 5.97 Å². The van der Waals surface area contributed by atoms with Crippen molar-refractivity contribution in [1.82, 2.24) is 10.2 Å². The van der Waals surface area contributed by atoms with E-state index < -0.39 is 5.97 Å². The molecule has 1 N–H and O–H groups in total. The molecule has 0 bridgehead atoms. The quantitative estimate of drug-likeness (QED) is 0.870. The van der Waals surface area contributed by atoms with Crippen molar-refractivity contribution in [2.45, 2.75) is 47.1 Å². The summed E-state index contributed by atoms with van der Waals surface area (Å²) in [5.74, 6) is -0.468. The van der Waals surface area contributed by atoms with Crippen LogP contribution >= 0.6 is 0 Å². The average Bonchev–Trinajstić information content (AvgIpc) is 2.28. The fourth-order valence-electron chi connectivity index (χ4n) is 1.90. The molecule has 1 heterocycles.